The average molecular weight is 237 g/mol. The van der Waals surface area contributed by atoms with Gasteiger partial charge in [-0.3, -0.25) is 0 Å². The molecule has 0 aliphatic carbocycles. The molecule has 0 radical (unpaired) electrons. The number of rotatable bonds is 1. The van der Waals surface area contributed by atoms with Crippen LogP contribution in [0.2, 0.25) is 5.02 Å². The van der Waals surface area contributed by atoms with Crippen molar-refractivity contribution in [1.82, 2.24) is 0 Å². The smallest absolute Gasteiger partial charge is 0.165 e. The fourth-order valence-electron chi connectivity index (χ4n) is 1.82. The summed E-state index contributed by atoms with van der Waals surface area (Å²) >= 11 is 6.12. The minimum absolute atomic E-state index is 0.298. The zero-order valence-electron chi connectivity index (χ0n) is 9.24. The van der Waals surface area contributed by atoms with Crippen molar-refractivity contribution in [1.29, 1.82) is 0 Å². The molecule has 0 spiro atoms. The molecule has 0 amide bonds. The molecule has 1 heterocycles. The Labute approximate surface area is 101 Å². The Morgan fingerprint density at radius 2 is 2.00 bits per heavy atom. The normalized spacial score (nSPS) is 27.6. The predicted molar refractivity (Wildman–Crippen MR) is 63.1 cm³/mol. The van der Waals surface area contributed by atoms with E-state index in [9.17, 15) is 0 Å². The molecule has 3 heteroatoms. The van der Waals surface area contributed by atoms with Gasteiger partial charge in [0.2, 0.25) is 0 Å². The largest absolute Gasteiger partial charge is 0.339 e. The van der Waals surface area contributed by atoms with Gasteiger partial charge in [-0.1, -0.05) is 35.7 Å². The first-order chi connectivity index (χ1) is 7.53. The van der Waals surface area contributed by atoms with Crippen LogP contribution in [0.25, 0.3) is 0 Å². The Morgan fingerprint density at radius 1 is 1.31 bits per heavy atom. The van der Waals surface area contributed by atoms with Crippen molar-refractivity contribution < 1.29 is 9.47 Å². The zero-order chi connectivity index (χ0) is 11.8. The molecule has 2 rings (SSSR count). The van der Waals surface area contributed by atoms with E-state index in [1.807, 2.05) is 38.1 Å². The van der Waals surface area contributed by atoms with Crippen LogP contribution in [-0.4, -0.2) is 11.9 Å². The van der Waals surface area contributed by atoms with Gasteiger partial charge < -0.3 is 9.47 Å². The summed E-state index contributed by atoms with van der Waals surface area (Å²) in [5.74, 6) is 1.92. The summed E-state index contributed by atoms with van der Waals surface area (Å²) in [6.07, 6.45) is 4.74. The maximum atomic E-state index is 6.12. The van der Waals surface area contributed by atoms with Crippen LogP contribution in [0.1, 0.15) is 25.5 Å². The molecular weight excluding hydrogens is 224 g/mol. The average Bonchev–Trinajstić information content (AvgIpc) is 2.54. The summed E-state index contributed by atoms with van der Waals surface area (Å²) < 4.78 is 11.4. The molecule has 0 aromatic heterocycles. The minimum atomic E-state index is -0.666. The van der Waals surface area contributed by atoms with Gasteiger partial charge in [0.1, 0.15) is 6.10 Å². The Hall–Kier alpha value is -1.01. The van der Waals surface area contributed by atoms with E-state index in [0.29, 0.717) is 5.02 Å². The second-order valence-electron chi connectivity index (χ2n) is 4.16. The van der Waals surface area contributed by atoms with Gasteiger partial charge in [-0.05, 0) is 19.9 Å². The summed E-state index contributed by atoms with van der Waals surface area (Å²) in [5.41, 5.74) is 0.873. The molecule has 16 heavy (non-hydrogen) atoms. The number of benzene rings is 1. The van der Waals surface area contributed by atoms with Crippen LogP contribution in [-0.2, 0) is 9.47 Å². The van der Waals surface area contributed by atoms with Crippen LogP contribution in [0.5, 0.6) is 0 Å². The fourth-order valence-corrected chi connectivity index (χ4v) is 2.06. The number of ether oxygens (including phenoxy) is 2. The Morgan fingerprint density at radius 3 is 2.62 bits per heavy atom. The SMILES string of the molecule is C#C[C@@H]1OC(C)(C)O[C@H]1c1ccccc1Cl. The highest BCUT2D eigenvalue weighted by Crippen LogP contribution is 2.40. The summed E-state index contributed by atoms with van der Waals surface area (Å²) in [6.45, 7) is 3.68. The van der Waals surface area contributed by atoms with Crippen LogP contribution in [0.4, 0.5) is 0 Å². The van der Waals surface area contributed by atoms with Gasteiger partial charge in [-0.25, -0.2) is 0 Å². The number of halogens is 1. The number of hydrogen-bond acceptors (Lipinski definition) is 2. The van der Waals surface area contributed by atoms with Crippen molar-refractivity contribution in [3.8, 4) is 12.3 Å². The van der Waals surface area contributed by atoms with E-state index in [2.05, 4.69) is 5.92 Å². The molecule has 2 atom stereocenters. The van der Waals surface area contributed by atoms with E-state index >= 15 is 0 Å². The topological polar surface area (TPSA) is 18.5 Å². The first-order valence-corrected chi connectivity index (χ1v) is 5.47. The molecule has 1 saturated heterocycles. The van der Waals surface area contributed by atoms with Gasteiger partial charge in [0.15, 0.2) is 11.9 Å². The summed E-state index contributed by atoms with van der Waals surface area (Å²) in [6, 6.07) is 7.50. The quantitative estimate of drug-likeness (QED) is 0.698. The van der Waals surface area contributed by atoms with Crippen molar-refractivity contribution in [2.45, 2.75) is 31.8 Å². The van der Waals surface area contributed by atoms with Crippen molar-refractivity contribution in [3.63, 3.8) is 0 Å². The van der Waals surface area contributed by atoms with E-state index in [4.69, 9.17) is 27.5 Å². The molecule has 1 aliphatic heterocycles. The first-order valence-electron chi connectivity index (χ1n) is 5.10. The van der Waals surface area contributed by atoms with Crippen molar-refractivity contribution >= 4 is 11.6 Å². The highest BCUT2D eigenvalue weighted by Gasteiger charge is 2.41. The summed E-state index contributed by atoms with van der Waals surface area (Å²) in [4.78, 5) is 0. The molecule has 0 unspecified atom stereocenters. The highest BCUT2D eigenvalue weighted by molar-refractivity contribution is 6.31. The van der Waals surface area contributed by atoms with Gasteiger partial charge in [-0.15, -0.1) is 6.42 Å². The van der Waals surface area contributed by atoms with Gasteiger partial charge >= 0.3 is 0 Å². The Balaban J connectivity index is 2.35. The van der Waals surface area contributed by atoms with Crippen LogP contribution in [0.3, 0.4) is 0 Å². The monoisotopic (exact) mass is 236 g/mol. The lowest BCUT2D eigenvalue weighted by atomic mass is 10.1. The molecule has 1 aliphatic rings. The Kier molecular flexibility index (Phi) is 2.94. The third-order valence-corrected chi connectivity index (χ3v) is 2.82. The van der Waals surface area contributed by atoms with Crippen LogP contribution < -0.4 is 0 Å². The van der Waals surface area contributed by atoms with Gasteiger partial charge in [0.25, 0.3) is 0 Å². The predicted octanol–water partition coefficient (Wildman–Crippen LogP) is 3.17. The number of hydrogen-bond donors (Lipinski definition) is 0. The van der Waals surface area contributed by atoms with Gasteiger partial charge in [0, 0.05) is 10.6 Å². The molecule has 0 bridgehead atoms. The molecule has 0 saturated carbocycles. The van der Waals surface area contributed by atoms with Crippen molar-refractivity contribution in [2.75, 3.05) is 0 Å². The maximum Gasteiger partial charge on any atom is 0.165 e. The first kappa shape index (κ1) is 11.5. The van der Waals surface area contributed by atoms with Gasteiger partial charge in [0.05, 0.1) is 0 Å². The standard InChI is InChI=1S/C13H13ClO2/c1-4-11-12(16-13(2,3)15-11)9-7-5-6-8-10(9)14/h1,5-8,11-12H,2-3H3/t11-,12-/m0/s1. The molecule has 0 N–H and O–H groups in total. The van der Waals surface area contributed by atoms with E-state index in [-0.39, 0.29) is 6.10 Å². The lowest BCUT2D eigenvalue weighted by Gasteiger charge is -2.17. The van der Waals surface area contributed by atoms with Crippen LogP contribution in [0.15, 0.2) is 24.3 Å². The lowest BCUT2D eigenvalue weighted by Crippen LogP contribution is -2.20. The fraction of sp³-hybridized carbons (Fsp3) is 0.385. The van der Waals surface area contributed by atoms with Crippen LogP contribution >= 0.6 is 11.6 Å². The lowest BCUT2D eigenvalue weighted by molar-refractivity contribution is -0.143. The molecule has 1 aromatic carbocycles. The second-order valence-corrected chi connectivity index (χ2v) is 4.57. The summed E-state index contributed by atoms with van der Waals surface area (Å²) in [5, 5.41) is 0.647. The van der Waals surface area contributed by atoms with E-state index < -0.39 is 11.9 Å². The number of terminal acetylenes is 1. The second kappa shape index (κ2) is 4.10. The van der Waals surface area contributed by atoms with Crippen molar-refractivity contribution in [3.05, 3.63) is 34.9 Å². The molecule has 1 fully saturated rings. The highest BCUT2D eigenvalue weighted by atomic mass is 35.5. The molecule has 1 aromatic rings. The minimum Gasteiger partial charge on any atom is -0.339 e. The van der Waals surface area contributed by atoms with E-state index in [0.717, 1.165) is 5.56 Å². The molecule has 84 valence electrons. The Bertz CT molecular complexity index is 434. The summed E-state index contributed by atoms with van der Waals surface area (Å²) in [7, 11) is 0. The van der Waals surface area contributed by atoms with E-state index in [1.54, 1.807) is 0 Å². The third-order valence-electron chi connectivity index (χ3n) is 2.47. The van der Waals surface area contributed by atoms with E-state index in [1.165, 1.54) is 0 Å². The van der Waals surface area contributed by atoms with Crippen LogP contribution in [0, 0.1) is 12.3 Å². The van der Waals surface area contributed by atoms with Crippen molar-refractivity contribution in [2.24, 2.45) is 0 Å². The molecule has 2 nitrogen and oxygen atoms in total. The third kappa shape index (κ3) is 2.08. The van der Waals surface area contributed by atoms with Gasteiger partial charge in [-0.2, -0.15) is 0 Å². The zero-order valence-corrected chi connectivity index (χ0v) is 9.99. The molecular formula is C13H13ClO2. The maximum absolute atomic E-state index is 6.12.